The largest absolute Gasteiger partial charge is 0.418 e. The van der Waals surface area contributed by atoms with Gasteiger partial charge in [0, 0.05) is 17.6 Å². The Labute approximate surface area is 102 Å². The number of fused-ring (bicyclic) bond motifs is 3. The highest BCUT2D eigenvalue weighted by Crippen LogP contribution is 2.39. The van der Waals surface area contributed by atoms with Gasteiger partial charge in [-0.2, -0.15) is 13.2 Å². The van der Waals surface area contributed by atoms with Gasteiger partial charge in [-0.05, 0) is 25.0 Å². The second kappa shape index (κ2) is 3.75. The first-order valence-corrected chi connectivity index (χ1v) is 5.86. The number of halogens is 3. The summed E-state index contributed by atoms with van der Waals surface area (Å²) in [5.74, 6) is 0. The van der Waals surface area contributed by atoms with Crippen molar-refractivity contribution in [1.29, 1.82) is 0 Å². The lowest BCUT2D eigenvalue weighted by atomic mass is 10.1. The van der Waals surface area contributed by atoms with Gasteiger partial charge in [0.1, 0.15) is 0 Å². The van der Waals surface area contributed by atoms with Gasteiger partial charge in [-0.1, -0.05) is 12.1 Å². The fraction of sp³-hybridized carbons (Fsp3) is 0.385. The molecule has 0 bridgehead atoms. The summed E-state index contributed by atoms with van der Waals surface area (Å²) in [5.41, 5.74) is 0.159. The molecular formula is C13H12F3NO. The molecule has 5 heteroatoms. The number of aliphatic hydroxyl groups is 1. The lowest BCUT2D eigenvalue weighted by molar-refractivity contribution is -0.136. The van der Waals surface area contributed by atoms with Gasteiger partial charge >= 0.3 is 6.18 Å². The maximum Gasteiger partial charge on any atom is 0.418 e. The number of rotatable bonds is 0. The molecule has 0 saturated heterocycles. The Balaban J connectivity index is 2.34. The molecule has 1 N–H and O–H groups in total. The molecule has 1 aliphatic rings. The number of nitrogens with zero attached hydrogens (tertiary/aromatic N) is 1. The number of hydrogen-bond acceptors (Lipinski definition) is 1. The van der Waals surface area contributed by atoms with Crippen LogP contribution in [0.5, 0.6) is 0 Å². The molecule has 18 heavy (non-hydrogen) atoms. The van der Waals surface area contributed by atoms with Crippen LogP contribution in [0.4, 0.5) is 13.2 Å². The van der Waals surface area contributed by atoms with Gasteiger partial charge < -0.3 is 9.67 Å². The van der Waals surface area contributed by atoms with Gasteiger partial charge in [0.25, 0.3) is 0 Å². The van der Waals surface area contributed by atoms with Gasteiger partial charge in [-0.15, -0.1) is 0 Å². The first kappa shape index (κ1) is 11.6. The summed E-state index contributed by atoms with van der Waals surface area (Å²) in [7, 11) is 0. The van der Waals surface area contributed by atoms with Crippen molar-refractivity contribution >= 4 is 10.9 Å². The van der Waals surface area contributed by atoms with Crippen LogP contribution in [-0.4, -0.2) is 9.67 Å². The van der Waals surface area contributed by atoms with Crippen LogP contribution in [0.15, 0.2) is 24.3 Å². The molecule has 0 fully saturated rings. The minimum atomic E-state index is -4.36. The third-order valence-electron chi connectivity index (χ3n) is 3.46. The van der Waals surface area contributed by atoms with Crippen LogP contribution < -0.4 is 0 Å². The Hall–Kier alpha value is -1.49. The van der Waals surface area contributed by atoms with Crippen molar-refractivity contribution in [2.45, 2.75) is 31.7 Å². The zero-order chi connectivity index (χ0) is 12.9. The number of aromatic nitrogens is 1. The molecular weight excluding hydrogens is 243 g/mol. The van der Waals surface area contributed by atoms with Crippen LogP contribution in [0.1, 0.15) is 30.2 Å². The molecule has 96 valence electrons. The summed E-state index contributed by atoms with van der Waals surface area (Å²) in [6, 6.07) is 5.82. The Morgan fingerprint density at radius 1 is 1.28 bits per heavy atom. The molecule has 2 nitrogen and oxygen atoms in total. The van der Waals surface area contributed by atoms with Crippen molar-refractivity contribution in [2.75, 3.05) is 0 Å². The Kier molecular flexibility index (Phi) is 2.41. The van der Waals surface area contributed by atoms with Gasteiger partial charge in [-0.25, -0.2) is 0 Å². The van der Waals surface area contributed by atoms with E-state index >= 15 is 0 Å². The molecule has 1 unspecified atom stereocenters. The average Bonchev–Trinajstić information content (AvgIpc) is 2.68. The number of hydrogen-bond donors (Lipinski definition) is 1. The van der Waals surface area contributed by atoms with E-state index in [-0.39, 0.29) is 5.52 Å². The van der Waals surface area contributed by atoms with E-state index in [0.29, 0.717) is 30.5 Å². The van der Waals surface area contributed by atoms with E-state index in [0.717, 1.165) is 6.07 Å². The first-order chi connectivity index (χ1) is 8.48. The van der Waals surface area contributed by atoms with Crippen LogP contribution in [0.25, 0.3) is 10.9 Å². The lowest BCUT2D eigenvalue weighted by Crippen LogP contribution is -2.16. The lowest BCUT2D eigenvalue weighted by Gasteiger charge is -2.22. The van der Waals surface area contributed by atoms with E-state index < -0.39 is 17.8 Å². The van der Waals surface area contributed by atoms with Crippen LogP contribution in [0.3, 0.4) is 0 Å². The van der Waals surface area contributed by atoms with E-state index in [4.69, 9.17) is 0 Å². The molecule has 2 heterocycles. The Bertz CT molecular complexity index is 600. The van der Waals surface area contributed by atoms with E-state index in [2.05, 4.69) is 0 Å². The third kappa shape index (κ3) is 1.61. The fourth-order valence-corrected chi connectivity index (χ4v) is 2.68. The molecule has 3 rings (SSSR count). The van der Waals surface area contributed by atoms with Crippen molar-refractivity contribution in [3.05, 3.63) is 35.5 Å². The summed E-state index contributed by atoms with van der Waals surface area (Å²) in [4.78, 5) is 0. The molecule has 1 aromatic carbocycles. The van der Waals surface area contributed by atoms with Gasteiger partial charge in [0.2, 0.25) is 0 Å². The zero-order valence-corrected chi connectivity index (χ0v) is 9.54. The Morgan fingerprint density at radius 3 is 2.78 bits per heavy atom. The molecule has 0 saturated carbocycles. The maximum absolute atomic E-state index is 13.0. The standard InChI is InChI=1S/C13H12F3NO/c14-13(15,16)9-4-1-3-8-7-10-11(18)5-2-6-17(10)12(8)9/h1,3-4,7,11,18H,2,5-6H2. The third-order valence-corrected chi connectivity index (χ3v) is 3.46. The minimum absolute atomic E-state index is 0.193. The number of aliphatic hydroxyl groups excluding tert-OH is 1. The van der Waals surface area contributed by atoms with Crippen molar-refractivity contribution in [2.24, 2.45) is 0 Å². The molecule has 0 amide bonds. The number of alkyl halides is 3. The van der Waals surface area contributed by atoms with Crippen LogP contribution in [0, 0.1) is 0 Å². The van der Waals surface area contributed by atoms with E-state index in [1.807, 2.05) is 0 Å². The summed E-state index contributed by atoms with van der Waals surface area (Å²) in [5, 5.41) is 10.4. The highest BCUT2D eigenvalue weighted by Gasteiger charge is 2.35. The van der Waals surface area contributed by atoms with Crippen molar-refractivity contribution < 1.29 is 18.3 Å². The van der Waals surface area contributed by atoms with E-state index in [9.17, 15) is 18.3 Å². The number of aryl methyl sites for hydroxylation is 1. The first-order valence-electron chi connectivity index (χ1n) is 5.86. The topological polar surface area (TPSA) is 25.2 Å². The average molecular weight is 255 g/mol. The van der Waals surface area contributed by atoms with Crippen LogP contribution in [0.2, 0.25) is 0 Å². The maximum atomic E-state index is 13.0. The quantitative estimate of drug-likeness (QED) is 0.766. The second-order valence-corrected chi connectivity index (χ2v) is 4.62. The monoisotopic (exact) mass is 255 g/mol. The Morgan fingerprint density at radius 2 is 2.06 bits per heavy atom. The SMILES string of the molecule is OC1CCCn2c1cc1cccc(C(F)(F)F)c12. The fourth-order valence-electron chi connectivity index (χ4n) is 2.68. The highest BCUT2D eigenvalue weighted by atomic mass is 19.4. The van der Waals surface area contributed by atoms with Gasteiger partial charge in [0.15, 0.2) is 0 Å². The summed E-state index contributed by atoms with van der Waals surface area (Å²) in [6.45, 7) is 0.531. The predicted octanol–water partition coefficient (Wildman–Crippen LogP) is 3.49. The number of para-hydroxylation sites is 1. The molecule has 0 spiro atoms. The number of benzene rings is 1. The smallest absolute Gasteiger partial charge is 0.387 e. The molecule has 1 aliphatic heterocycles. The molecule has 0 aliphatic carbocycles. The minimum Gasteiger partial charge on any atom is -0.387 e. The summed E-state index contributed by atoms with van der Waals surface area (Å²) < 4.78 is 40.6. The normalized spacial score (nSPS) is 20.1. The second-order valence-electron chi connectivity index (χ2n) is 4.62. The van der Waals surface area contributed by atoms with E-state index in [1.54, 1.807) is 16.7 Å². The van der Waals surface area contributed by atoms with Crippen molar-refractivity contribution in [1.82, 2.24) is 4.57 Å². The highest BCUT2D eigenvalue weighted by molar-refractivity contribution is 5.85. The summed E-state index contributed by atoms with van der Waals surface area (Å²) in [6.07, 6.45) is -3.72. The zero-order valence-electron chi connectivity index (χ0n) is 9.54. The van der Waals surface area contributed by atoms with Crippen molar-refractivity contribution in [3.63, 3.8) is 0 Å². The molecule has 1 atom stereocenters. The molecule has 0 radical (unpaired) electrons. The van der Waals surface area contributed by atoms with Gasteiger partial charge in [0.05, 0.1) is 17.2 Å². The molecule has 2 aromatic rings. The summed E-state index contributed by atoms with van der Waals surface area (Å²) >= 11 is 0. The van der Waals surface area contributed by atoms with Crippen molar-refractivity contribution in [3.8, 4) is 0 Å². The van der Waals surface area contributed by atoms with E-state index in [1.165, 1.54) is 6.07 Å². The predicted molar refractivity (Wildman–Crippen MR) is 61.1 cm³/mol. The van der Waals surface area contributed by atoms with Crippen LogP contribution >= 0.6 is 0 Å². The van der Waals surface area contributed by atoms with Gasteiger partial charge in [-0.3, -0.25) is 0 Å². The molecule has 1 aromatic heterocycles. The van der Waals surface area contributed by atoms with Crippen LogP contribution in [-0.2, 0) is 12.7 Å².